The van der Waals surface area contributed by atoms with Gasteiger partial charge in [0, 0.05) is 24.9 Å². The van der Waals surface area contributed by atoms with Crippen molar-refractivity contribution in [1.82, 2.24) is 10.3 Å². The van der Waals surface area contributed by atoms with Gasteiger partial charge >= 0.3 is 6.18 Å². The van der Waals surface area contributed by atoms with E-state index >= 15 is 0 Å². The second-order valence-corrected chi connectivity index (χ2v) is 5.98. The first kappa shape index (κ1) is 16.5. The van der Waals surface area contributed by atoms with Crippen LogP contribution in [-0.2, 0) is 17.4 Å². The second-order valence-electron chi connectivity index (χ2n) is 5.98. The highest BCUT2D eigenvalue weighted by Crippen LogP contribution is 2.36. The summed E-state index contributed by atoms with van der Waals surface area (Å²) in [6.07, 6.45) is 1.65. The molecule has 1 heterocycles. The molecule has 0 spiro atoms. The summed E-state index contributed by atoms with van der Waals surface area (Å²) in [5.74, 6) is -0.104. The zero-order valence-electron chi connectivity index (χ0n) is 13.2. The molecule has 0 saturated heterocycles. The molecule has 1 atom stereocenters. The van der Waals surface area contributed by atoms with Crippen LogP contribution in [0.3, 0.4) is 0 Å². The Balaban J connectivity index is 1.99. The molecule has 0 radical (unpaired) electrons. The van der Waals surface area contributed by atoms with Crippen LogP contribution >= 0.6 is 0 Å². The first-order valence-electron chi connectivity index (χ1n) is 7.78. The quantitative estimate of drug-likeness (QED) is 0.891. The van der Waals surface area contributed by atoms with Crippen LogP contribution in [0.15, 0.2) is 36.7 Å². The molecule has 126 valence electrons. The van der Waals surface area contributed by atoms with Crippen LogP contribution in [0.5, 0.6) is 0 Å². The van der Waals surface area contributed by atoms with Gasteiger partial charge in [0.1, 0.15) is 0 Å². The topological polar surface area (TPSA) is 42.0 Å². The van der Waals surface area contributed by atoms with E-state index in [-0.39, 0.29) is 11.9 Å². The Morgan fingerprint density at radius 3 is 2.54 bits per heavy atom. The first-order valence-corrected chi connectivity index (χ1v) is 7.78. The molecule has 1 aliphatic rings. The molecule has 1 N–H and O–H groups in total. The Morgan fingerprint density at radius 2 is 1.92 bits per heavy atom. The van der Waals surface area contributed by atoms with Gasteiger partial charge in [0.05, 0.1) is 11.6 Å². The third-order valence-corrected chi connectivity index (χ3v) is 4.29. The lowest BCUT2D eigenvalue weighted by Gasteiger charge is -2.27. The lowest BCUT2D eigenvalue weighted by atomic mass is 9.84. The third-order valence-electron chi connectivity index (χ3n) is 4.29. The van der Waals surface area contributed by atoms with Crippen molar-refractivity contribution >= 4 is 5.91 Å². The maximum absolute atomic E-state index is 12.7. The van der Waals surface area contributed by atoms with Crippen LogP contribution in [0, 0.1) is 0 Å². The summed E-state index contributed by atoms with van der Waals surface area (Å²) in [7, 11) is 0. The standard InChI is InChI=1S/C18H17F3N2O/c1-11(24)23-17-4-2-3-14-15(9-22-10-16(14)17)12-5-7-13(8-6-12)18(19,20)21/h5-10,17H,2-4H2,1H3,(H,23,24). The van der Waals surface area contributed by atoms with E-state index in [1.54, 1.807) is 12.4 Å². The van der Waals surface area contributed by atoms with Gasteiger partial charge in [-0.1, -0.05) is 12.1 Å². The number of nitrogens with one attached hydrogen (secondary N) is 1. The van der Waals surface area contributed by atoms with Crippen LogP contribution < -0.4 is 5.32 Å². The van der Waals surface area contributed by atoms with Gasteiger partial charge in [-0.3, -0.25) is 9.78 Å². The van der Waals surface area contributed by atoms with E-state index in [0.717, 1.165) is 48.1 Å². The van der Waals surface area contributed by atoms with Gasteiger partial charge in [-0.2, -0.15) is 13.2 Å². The van der Waals surface area contributed by atoms with Gasteiger partial charge in [0.25, 0.3) is 0 Å². The normalized spacial score (nSPS) is 17.2. The number of fused-ring (bicyclic) bond motifs is 1. The molecule has 6 heteroatoms. The van der Waals surface area contributed by atoms with E-state index in [1.807, 2.05) is 0 Å². The molecule has 2 aromatic rings. The number of carbonyl (C=O) groups is 1. The van der Waals surface area contributed by atoms with Gasteiger partial charge < -0.3 is 5.32 Å². The largest absolute Gasteiger partial charge is 0.416 e. The van der Waals surface area contributed by atoms with E-state index in [1.165, 1.54) is 19.1 Å². The summed E-state index contributed by atoms with van der Waals surface area (Å²) in [6, 6.07) is 5.03. The lowest BCUT2D eigenvalue weighted by molar-refractivity contribution is -0.137. The van der Waals surface area contributed by atoms with Crippen LogP contribution in [-0.4, -0.2) is 10.9 Å². The molecular formula is C18H17F3N2O. The Hall–Kier alpha value is -2.37. The van der Waals surface area contributed by atoms with Gasteiger partial charge in [0.2, 0.25) is 5.91 Å². The van der Waals surface area contributed by atoms with Crippen molar-refractivity contribution in [1.29, 1.82) is 0 Å². The highest BCUT2D eigenvalue weighted by atomic mass is 19.4. The highest BCUT2D eigenvalue weighted by molar-refractivity contribution is 5.74. The minimum Gasteiger partial charge on any atom is -0.349 e. The van der Waals surface area contributed by atoms with Gasteiger partial charge in [-0.25, -0.2) is 0 Å². The monoisotopic (exact) mass is 334 g/mol. The first-order chi connectivity index (χ1) is 11.4. The summed E-state index contributed by atoms with van der Waals surface area (Å²) < 4.78 is 38.1. The van der Waals surface area contributed by atoms with E-state index in [4.69, 9.17) is 0 Å². The SMILES string of the molecule is CC(=O)NC1CCCc2c(-c3ccc(C(F)(F)F)cc3)cncc21. The number of nitrogens with zero attached hydrogens (tertiary/aromatic N) is 1. The molecule has 0 bridgehead atoms. The molecule has 3 rings (SSSR count). The van der Waals surface area contributed by atoms with Gasteiger partial charge in [-0.05, 0) is 48.1 Å². The molecule has 1 aromatic heterocycles. The maximum Gasteiger partial charge on any atom is 0.416 e. The summed E-state index contributed by atoms with van der Waals surface area (Å²) >= 11 is 0. The van der Waals surface area contributed by atoms with Crippen molar-refractivity contribution in [3.8, 4) is 11.1 Å². The molecule has 1 amide bonds. The van der Waals surface area contributed by atoms with Crippen LogP contribution in [0.4, 0.5) is 13.2 Å². The number of aromatic nitrogens is 1. The second kappa shape index (κ2) is 6.26. The van der Waals surface area contributed by atoms with E-state index < -0.39 is 11.7 Å². The number of carbonyl (C=O) groups excluding carboxylic acids is 1. The number of hydrogen-bond donors (Lipinski definition) is 1. The lowest BCUT2D eigenvalue weighted by Crippen LogP contribution is -2.29. The molecule has 1 aromatic carbocycles. The van der Waals surface area contributed by atoms with Crippen molar-refractivity contribution in [2.45, 2.75) is 38.4 Å². The highest BCUT2D eigenvalue weighted by Gasteiger charge is 2.30. The Bertz CT molecular complexity index is 754. The zero-order valence-corrected chi connectivity index (χ0v) is 13.2. The fraction of sp³-hybridized carbons (Fsp3) is 0.333. The fourth-order valence-electron chi connectivity index (χ4n) is 3.20. The minimum absolute atomic E-state index is 0.0897. The van der Waals surface area contributed by atoms with Crippen LogP contribution in [0.25, 0.3) is 11.1 Å². The van der Waals surface area contributed by atoms with E-state index in [9.17, 15) is 18.0 Å². The smallest absolute Gasteiger partial charge is 0.349 e. The molecule has 24 heavy (non-hydrogen) atoms. The van der Waals surface area contributed by atoms with Crippen molar-refractivity contribution in [2.75, 3.05) is 0 Å². The Morgan fingerprint density at radius 1 is 1.21 bits per heavy atom. The molecule has 0 saturated carbocycles. The number of alkyl halides is 3. The molecule has 1 unspecified atom stereocenters. The van der Waals surface area contributed by atoms with E-state index in [2.05, 4.69) is 10.3 Å². The summed E-state index contributed by atoms with van der Waals surface area (Å²) in [5.41, 5.74) is 2.87. The molecule has 1 aliphatic carbocycles. The van der Waals surface area contributed by atoms with Crippen molar-refractivity contribution < 1.29 is 18.0 Å². The third kappa shape index (κ3) is 3.27. The summed E-state index contributed by atoms with van der Waals surface area (Å²) in [5, 5.41) is 2.92. The number of hydrogen-bond acceptors (Lipinski definition) is 2. The average Bonchev–Trinajstić information content (AvgIpc) is 2.53. The van der Waals surface area contributed by atoms with Crippen LogP contribution in [0.1, 0.15) is 42.5 Å². The molecule has 0 fully saturated rings. The van der Waals surface area contributed by atoms with Crippen molar-refractivity contribution in [2.24, 2.45) is 0 Å². The fourth-order valence-corrected chi connectivity index (χ4v) is 3.20. The number of halogens is 3. The Kier molecular flexibility index (Phi) is 4.30. The minimum atomic E-state index is -4.34. The Labute approximate surface area is 137 Å². The summed E-state index contributed by atoms with van der Waals surface area (Å²) in [4.78, 5) is 15.6. The average molecular weight is 334 g/mol. The number of pyridine rings is 1. The van der Waals surface area contributed by atoms with E-state index in [0.29, 0.717) is 5.56 Å². The number of amides is 1. The zero-order chi connectivity index (χ0) is 17.3. The number of benzene rings is 1. The maximum atomic E-state index is 12.7. The number of rotatable bonds is 2. The molecule has 0 aliphatic heterocycles. The van der Waals surface area contributed by atoms with Crippen molar-refractivity contribution in [3.63, 3.8) is 0 Å². The summed E-state index contributed by atoms with van der Waals surface area (Å²) in [6.45, 7) is 1.47. The predicted molar refractivity (Wildman–Crippen MR) is 84.2 cm³/mol. The molecule has 3 nitrogen and oxygen atoms in total. The van der Waals surface area contributed by atoms with Crippen molar-refractivity contribution in [3.05, 3.63) is 53.3 Å². The van der Waals surface area contributed by atoms with Crippen LogP contribution in [0.2, 0.25) is 0 Å². The predicted octanol–water partition coefficient (Wildman–Crippen LogP) is 4.28. The van der Waals surface area contributed by atoms with Gasteiger partial charge in [0.15, 0.2) is 0 Å². The van der Waals surface area contributed by atoms with Gasteiger partial charge in [-0.15, -0.1) is 0 Å². The molecular weight excluding hydrogens is 317 g/mol.